The number of benzene rings is 1. The number of nitrogens with one attached hydrogen (secondary N) is 3. The van der Waals surface area contributed by atoms with E-state index in [-0.39, 0.29) is 5.56 Å². The van der Waals surface area contributed by atoms with Crippen LogP contribution in [0.3, 0.4) is 0 Å². The summed E-state index contributed by atoms with van der Waals surface area (Å²) < 4.78 is 5.40. The van der Waals surface area contributed by atoms with Gasteiger partial charge in [-0.15, -0.1) is 0 Å². The highest BCUT2D eigenvalue weighted by Crippen LogP contribution is 2.25. The monoisotopic (exact) mass is 362 g/mol. The van der Waals surface area contributed by atoms with Gasteiger partial charge < -0.3 is 19.9 Å². The summed E-state index contributed by atoms with van der Waals surface area (Å²) in [6.07, 6.45) is 1.60. The highest BCUT2D eigenvalue weighted by Gasteiger charge is 2.13. The maximum Gasteiger partial charge on any atom is 0.261 e. The summed E-state index contributed by atoms with van der Waals surface area (Å²) in [5, 5.41) is 11.8. The van der Waals surface area contributed by atoms with E-state index in [1.54, 1.807) is 12.3 Å². The average Bonchev–Trinajstić information content (AvgIpc) is 3.12. The van der Waals surface area contributed by atoms with Gasteiger partial charge in [0.1, 0.15) is 11.2 Å². The van der Waals surface area contributed by atoms with Crippen molar-refractivity contribution < 1.29 is 4.74 Å². The first-order valence-electron chi connectivity index (χ1n) is 8.84. The fourth-order valence-electron chi connectivity index (χ4n) is 3.37. The fraction of sp³-hybridized carbons (Fsp3) is 0.211. The molecule has 0 atom stereocenters. The summed E-state index contributed by atoms with van der Waals surface area (Å²) >= 11 is 0. The van der Waals surface area contributed by atoms with Crippen LogP contribution in [0, 0.1) is 0 Å². The molecular weight excluding hydrogens is 344 g/mol. The Labute approximate surface area is 154 Å². The first-order chi connectivity index (χ1) is 13.3. The molecule has 1 aromatic carbocycles. The molecule has 8 nitrogen and oxygen atoms in total. The van der Waals surface area contributed by atoms with Gasteiger partial charge >= 0.3 is 0 Å². The highest BCUT2D eigenvalue weighted by molar-refractivity contribution is 5.92. The molecule has 5 rings (SSSR count). The minimum Gasteiger partial charge on any atom is -0.378 e. The molecule has 0 unspecified atom stereocenters. The Morgan fingerprint density at radius 2 is 2.00 bits per heavy atom. The van der Waals surface area contributed by atoms with Gasteiger partial charge in [0.15, 0.2) is 5.82 Å². The van der Waals surface area contributed by atoms with Gasteiger partial charge in [0, 0.05) is 30.4 Å². The van der Waals surface area contributed by atoms with Crippen molar-refractivity contribution in [2.75, 3.05) is 36.5 Å². The quantitative estimate of drug-likeness (QED) is 0.518. The topological polar surface area (TPSA) is 98.9 Å². The lowest BCUT2D eigenvalue weighted by Crippen LogP contribution is -2.36. The standard InChI is InChI=1S/C19H18N6O2/c26-19-17-15(5-6-20-19)23-24-18(17)21-13-2-3-14-12(11-13)1-4-16(22-14)25-7-9-27-10-8-25/h1-6,11H,7-10H2,(H,20,26)(H2,21,23,24). The molecule has 1 aliphatic heterocycles. The van der Waals surface area contributed by atoms with Crippen LogP contribution in [0.1, 0.15) is 0 Å². The molecule has 0 amide bonds. The first-order valence-corrected chi connectivity index (χ1v) is 8.84. The van der Waals surface area contributed by atoms with Gasteiger partial charge in [0.2, 0.25) is 0 Å². The van der Waals surface area contributed by atoms with Crippen molar-refractivity contribution in [2.45, 2.75) is 0 Å². The molecule has 4 heterocycles. The van der Waals surface area contributed by atoms with Crippen LogP contribution in [0.2, 0.25) is 0 Å². The number of hydrogen-bond donors (Lipinski definition) is 3. The lowest BCUT2D eigenvalue weighted by molar-refractivity contribution is 0.122. The van der Waals surface area contributed by atoms with Crippen molar-refractivity contribution in [3.8, 4) is 0 Å². The van der Waals surface area contributed by atoms with Crippen LogP contribution in [0.25, 0.3) is 21.8 Å². The van der Waals surface area contributed by atoms with E-state index in [4.69, 9.17) is 9.72 Å². The number of aromatic amines is 2. The lowest BCUT2D eigenvalue weighted by Gasteiger charge is -2.27. The molecule has 0 bridgehead atoms. The Kier molecular flexibility index (Phi) is 3.75. The molecule has 3 aromatic heterocycles. The zero-order valence-electron chi connectivity index (χ0n) is 14.5. The maximum atomic E-state index is 12.1. The van der Waals surface area contributed by atoms with Crippen LogP contribution in [-0.2, 0) is 4.74 Å². The number of aromatic nitrogens is 4. The van der Waals surface area contributed by atoms with Gasteiger partial charge in [0.05, 0.1) is 24.2 Å². The number of anilines is 3. The SMILES string of the molecule is O=c1[nH]ccc2[nH]nc(Nc3ccc4nc(N5CCOCC5)ccc4c3)c12. The molecule has 1 saturated heterocycles. The molecule has 1 fully saturated rings. The molecule has 0 saturated carbocycles. The Balaban J connectivity index is 1.46. The Bertz CT molecular complexity index is 1180. The van der Waals surface area contributed by atoms with Crippen molar-refractivity contribution in [3.63, 3.8) is 0 Å². The third-order valence-electron chi connectivity index (χ3n) is 4.76. The molecule has 3 N–H and O–H groups in total. The second-order valence-corrected chi connectivity index (χ2v) is 6.47. The van der Waals surface area contributed by atoms with Crippen LogP contribution in [0.5, 0.6) is 0 Å². The van der Waals surface area contributed by atoms with Gasteiger partial charge in [-0.3, -0.25) is 9.89 Å². The van der Waals surface area contributed by atoms with E-state index >= 15 is 0 Å². The number of pyridine rings is 2. The minimum absolute atomic E-state index is 0.179. The van der Waals surface area contributed by atoms with Gasteiger partial charge in [-0.05, 0) is 36.4 Å². The van der Waals surface area contributed by atoms with E-state index in [9.17, 15) is 4.79 Å². The summed E-state index contributed by atoms with van der Waals surface area (Å²) in [4.78, 5) is 21.7. The molecule has 1 aliphatic rings. The first kappa shape index (κ1) is 15.8. The van der Waals surface area contributed by atoms with Gasteiger partial charge in [0.25, 0.3) is 5.56 Å². The van der Waals surface area contributed by atoms with Crippen LogP contribution in [-0.4, -0.2) is 46.5 Å². The summed E-state index contributed by atoms with van der Waals surface area (Å²) in [6, 6.07) is 11.8. The Hall–Kier alpha value is -3.39. The molecule has 4 aromatic rings. The zero-order chi connectivity index (χ0) is 18.2. The van der Waals surface area contributed by atoms with E-state index in [0.717, 1.165) is 48.7 Å². The number of nitrogens with zero attached hydrogens (tertiary/aromatic N) is 3. The molecular formula is C19H18N6O2. The van der Waals surface area contributed by atoms with Crippen LogP contribution < -0.4 is 15.8 Å². The van der Waals surface area contributed by atoms with Crippen LogP contribution in [0.4, 0.5) is 17.3 Å². The summed E-state index contributed by atoms with van der Waals surface area (Å²) in [5.74, 6) is 1.47. The van der Waals surface area contributed by atoms with E-state index in [2.05, 4.69) is 31.5 Å². The molecule has 27 heavy (non-hydrogen) atoms. The average molecular weight is 362 g/mol. The van der Waals surface area contributed by atoms with Crippen molar-refractivity contribution in [1.29, 1.82) is 0 Å². The number of hydrogen-bond acceptors (Lipinski definition) is 6. The molecule has 8 heteroatoms. The molecule has 0 aliphatic carbocycles. The van der Waals surface area contributed by atoms with E-state index in [1.165, 1.54) is 0 Å². The van der Waals surface area contributed by atoms with Gasteiger partial charge in [-0.2, -0.15) is 5.10 Å². The predicted octanol–water partition coefficient (Wildman–Crippen LogP) is 2.38. The summed E-state index contributed by atoms with van der Waals surface area (Å²) in [7, 11) is 0. The van der Waals surface area contributed by atoms with Crippen LogP contribution in [0.15, 0.2) is 47.4 Å². The number of rotatable bonds is 3. The minimum atomic E-state index is -0.179. The second kappa shape index (κ2) is 6.40. The summed E-state index contributed by atoms with van der Waals surface area (Å²) in [5.41, 5.74) is 2.29. The van der Waals surface area contributed by atoms with E-state index in [0.29, 0.717) is 16.7 Å². The fourth-order valence-corrected chi connectivity index (χ4v) is 3.37. The lowest BCUT2D eigenvalue weighted by atomic mass is 10.2. The predicted molar refractivity (Wildman–Crippen MR) is 105 cm³/mol. The Morgan fingerprint density at radius 3 is 2.89 bits per heavy atom. The van der Waals surface area contributed by atoms with Crippen molar-refractivity contribution in [2.24, 2.45) is 0 Å². The molecule has 0 radical (unpaired) electrons. The highest BCUT2D eigenvalue weighted by atomic mass is 16.5. The smallest absolute Gasteiger partial charge is 0.261 e. The van der Waals surface area contributed by atoms with Crippen molar-refractivity contribution >= 4 is 39.1 Å². The third kappa shape index (κ3) is 2.89. The van der Waals surface area contributed by atoms with Crippen molar-refractivity contribution in [1.82, 2.24) is 20.2 Å². The normalized spacial score (nSPS) is 14.7. The van der Waals surface area contributed by atoms with Gasteiger partial charge in [-0.25, -0.2) is 4.98 Å². The zero-order valence-corrected chi connectivity index (χ0v) is 14.5. The van der Waals surface area contributed by atoms with E-state index in [1.807, 2.05) is 24.3 Å². The number of morpholine rings is 1. The summed E-state index contributed by atoms with van der Waals surface area (Å²) in [6.45, 7) is 3.19. The third-order valence-corrected chi connectivity index (χ3v) is 4.76. The Morgan fingerprint density at radius 1 is 1.11 bits per heavy atom. The number of ether oxygens (including phenoxy) is 1. The van der Waals surface area contributed by atoms with Crippen molar-refractivity contribution in [3.05, 3.63) is 52.9 Å². The van der Waals surface area contributed by atoms with E-state index < -0.39 is 0 Å². The number of H-pyrrole nitrogens is 2. The van der Waals surface area contributed by atoms with Crippen LogP contribution >= 0.6 is 0 Å². The number of fused-ring (bicyclic) bond motifs is 2. The molecule has 136 valence electrons. The second-order valence-electron chi connectivity index (χ2n) is 6.47. The van der Waals surface area contributed by atoms with Gasteiger partial charge in [-0.1, -0.05) is 0 Å². The maximum absolute atomic E-state index is 12.1. The molecule has 0 spiro atoms. The largest absolute Gasteiger partial charge is 0.378 e.